The van der Waals surface area contributed by atoms with Gasteiger partial charge in [0.15, 0.2) is 5.82 Å². The van der Waals surface area contributed by atoms with E-state index in [0.717, 1.165) is 23.0 Å². The summed E-state index contributed by atoms with van der Waals surface area (Å²) in [6.45, 7) is 3.82. The van der Waals surface area contributed by atoms with Crippen molar-refractivity contribution in [3.63, 3.8) is 0 Å². The second kappa shape index (κ2) is 15.7. The summed E-state index contributed by atoms with van der Waals surface area (Å²) in [5, 5.41) is 10.7. The van der Waals surface area contributed by atoms with Crippen molar-refractivity contribution >= 4 is 44.3 Å². The van der Waals surface area contributed by atoms with Crippen LogP contribution in [0.3, 0.4) is 0 Å². The number of carbonyl (C=O) groups excluding carboxylic acids is 1. The van der Waals surface area contributed by atoms with Gasteiger partial charge in [-0.2, -0.15) is 19.0 Å². The van der Waals surface area contributed by atoms with Crippen LogP contribution in [0.25, 0.3) is 16.6 Å². The number of aryl methyl sites for hydroxylation is 2. The lowest BCUT2D eigenvalue weighted by atomic mass is 10.0. The first-order chi connectivity index (χ1) is 27.0. The number of nitrogens with zero attached hydrogens (tertiary/aromatic N) is 6. The Bertz CT molecular complexity index is 2570. The fourth-order valence-corrected chi connectivity index (χ4v) is 7.80. The number of halogens is 7. The van der Waals surface area contributed by atoms with Crippen molar-refractivity contribution in [1.29, 1.82) is 0 Å². The first kappa shape index (κ1) is 42.7. The van der Waals surface area contributed by atoms with Crippen molar-refractivity contribution in [2.24, 2.45) is 13.0 Å². The number of methoxy groups -OCH3 is 1. The Morgan fingerprint density at radius 1 is 1.12 bits per heavy atom. The minimum absolute atomic E-state index is 0.0173. The number of nitrogens with one attached hydrogen (secondary N) is 2. The molecule has 2 aromatic carbocycles. The molecule has 0 fully saturated rings. The van der Waals surface area contributed by atoms with Crippen molar-refractivity contribution in [3.05, 3.63) is 97.4 Å². The molecule has 0 spiro atoms. The van der Waals surface area contributed by atoms with Crippen LogP contribution in [0.4, 0.5) is 32.2 Å². The standard InChI is InChI=1S/C37H39ClF6N8O5S/c1-18-11-23-30(33(41)42)47-51(32(23)37(18,43)44)17-27(53)46-25(14-19-12-20(39)15-21(40)13-19)35-45-22(9-10-36(2,3)57-5)16-28(54)52(35)26-8-7-24(38)29-31(26)50(4)48-34(29)49-58(6,55)56/h7-8,12-13,15-16,18,25,33H,9-11,14,17H2,1-6H3,(H,46,53)(H,48,49). The third kappa shape index (κ3) is 8.58. The number of sulfonamides is 1. The van der Waals surface area contributed by atoms with Crippen LogP contribution in [0, 0.1) is 17.6 Å². The molecule has 3 aromatic heterocycles. The van der Waals surface area contributed by atoms with Gasteiger partial charge >= 0.3 is 0 Å². The predicted octanol–water partition coefficient (Wildman–Crippen LogP) is 6.30. The summed E-state index contributed by atoms with van der Waals surface area (Å²) < 4.78 is 123. The predicted molar refractivity (Wildman–Crippen MR) is 202 cm³/mol. The number of hydrogen-bond donors (Lipinski definition) is 2. The maximum atomic E-state index is 15.4. The van der Waals surface area contributed by atoms with E-state index in [9.17, 15) is 35.6 Å². The number of benzene rings is 2. The molecule has 2 unspecified atom stereocenters. The van der Waals surface area contributed by atoms with Crippen LogP contribution in [0.5, 0.6) is 0 Å². The van der Waals surface area contributed by atoms with Gasteiger partial charge in [0.05, 0.1) is 39.5 Å². The molecule has 2 atom stereocenters. The lowest BCUT2D eigenvalue weighted by Crippen LogP contribution is -2.38. The third-order valence-electron chi connectivity index (χ3n) is 10.0. The summed E-state index contributed by atoms with van der Waals surface area (Å²) in [7, 11) is -0.927. The van der Waals surface area contributed by atoms with Crippen LogP contribution in [0.15, 0.2) is 41.2 Å². The van der Waals surface area contributed by atoms with Crippen molar-refractivity contribution in [2.45, 2.75) is 77.0 Å². The van der Waals surface area contributed by atoms with Crippen molar-refractivity contribution in [1.82, 2.24) is 34.4 Å². The van der Waals surface area contributed by atoms with Gasteiger partial charge in [0.2, 0.25) is 15.9 Å². The number of ether oxygens (including phenoxy) is 1. The van der Waals surface area contributed by atoms with Gasteiger partial charge < -0.3 is 10.1 Å². The number of fused-ring (bicyclic) bond motifs is 2. The third-order valence-corrected chi connectivity index (χ3v) is 10.9. The molecule has 6 rings (SSSR count). The van der Waals surface area contributed by atoms with E-state index in [1.54, 1.807) is 13.8 Å². The Labute approximate surface area is 333 Å². The highest BCUT2D eigenvalue weighted by atomic mass is 35.5. The molecular weight excluding hydrogens is 818 g/mol. The molecule has 0 saturated carbocycles. The molecule has 2 N–H and O–H groups in total. The molecule has 0 saturated heterocycles. The molecule has 58 heavy (non-hydrogen) atoms. The first-order valence-corrected chi connectivity index (χ1v) is 20.1. The van der Waals surface area contributed by atoms with Crippen molar-refractivity contribution < 1.29 is 44.3 Å². The zero-order chi connectivity index (χ0) is 42.6. The lowest BCUT2D eigenvalue weighted by Gasteiger charge is -2.25. The van der Waals surface area contributed by atoms with Gasteiger partial charge in [-0.1, -0.05) is 18.5 Å². The fraction of sp³-hybridized carbons (Fsp3) is 0.432. The molecule has 1 aliphatic carbocycles. The lowest BCUT2D eigenvalue weighted by molar-refractivity contribution is -0.123. The maximum Gasteiger partial charge on any atom is 0.292 e. The average Bonchev–Trinajstić information content (AvgIpc) is 3.71. The average molecular weight is 857 g/mol. The van der Waals surface area contributed by atoms with Gasteiger partial charge in [-0.3, -0.25) is 28.2 Å². The van der Waals surface area contributed by atoms with E-state index in [-0.39, 0.29) is 56.5 Å². The van der Waals surface area contributed by atoms with Crippen LogP contribution in [0.2, 0.25) is 5.02 Å². The Kier molecular flexibility index (Phi) is 11.5. The van der Waals surface area contributed by atoms with E-state index in [2.05, 4.69) is 20.2 Å². The Hall–Kier alpha value is -4.95. The zero-order valence-corrected chi connectivity index (χ0v) is 33.6. The van der Waals surface area contributed by atoms with Gasteiger partial charge in [0.1, 0.15) is 35.4 Å². The monoisotopic (exact) mass is 856 g/mol. The molecule has 0 bridgehead atoms. The second-order valence-electron chi connectivity index (χ2n) is 14.9. The molecular formula is C37H39ClF6N8O5S. The molecule has 1 aliphatic rings. The van der Waals surface area contributed by atoms with E-state index in [4.69, 9.17) is 21.3 Å². The van der Waals surface area contributed by atoms with Crippen LogP contribution in [-0.2, 0) is 58.3 Å². The topological polar surface area (TPSA) is 155 Å². The Balaban J connectivity index is 1.55. The molecule has 312 valence electrons. The van der Waals surface area contributed by atoms with Crippen LogP contribution in [0.1, 0.15) is 73.7 Å². The van der Waals surface area contributed by atoms with Crippen molar-refractivity contribution in [3.8, 4) is 5.69 Å². The van der Waals surface area contributed by atoms with Gasteiger partial charge in [-0.15, -0.1) is 0 Å². The molecule has 5 aromatic rings. The summed E-state index contributed by atoms with van der Waals surface area (Å²) in [5.74, 6) is -8.33. The Morgan fingerprint density at radius 3 is 2.41 bits per heavy atom. The molecule has 21 heteroatoms. The normalized spacial score (nSPS) is 15.9. The zero-order valence-electron chi connectivity index (χ0n) is 32.0. The molecule has 0 radical (unpaired) electrons. The number of carbonyl (C=O) groups is 1. The van der Waals surface area contributed by atoms with E-state index >= 15 is 8.78 Å². The highest BCUT2D eigenvalue weighted by molar-refractivity contribution is 7.92. The van der Waals surface area contributed by atoms with Gasteiger partial charge in [0, 0.05) is 49.9 Å². The SMILES string of the molecule is COC(C)(C)CCc1cc(=O)n(-c2ccc(Cl)c3c(NS(C)(=O)=O)nn(C)c23)c(C(Cc2cc(F)cc(F)c2)NC(=O)Cn2nc(C(F)F)c3c2C(F)(F)C(C)C3)n1. The molecule has 3 heterocycles. The fourth-order valence-electron chi connectivity index (χ4n) is 7.07. The summed E-state index contributed by atoms with van der Waals surface area (Å²) >= 11 is 6.56. The summed E-state index contributed by atoms with van der Waals surface area (Å²) in [5.41, 5.74) is -3.11. The number of alkyl halides is 4. The van der Waals surface area contributed by atoms with Gasteiger partial charge in [-0.05, 0) is 62.9 Å². The largest absolute Gasteiger partial charge is 0.379 e. The number of rotatable bonds is 14. The first-order valence-electron chi connectivity index (χ1n) is 17.8. The van der Waals surface area contributed by atoms with Crippen LogP contribution >= 0.6 is 11.6 Å². The maximum absolute atomic E-state index is 15.4. The van der Waals surface area contributed by atoms with E-state index < -0.39 is 93.8 Å². The second-order valence-corrected chi connectivity index (χ2v) is 17.0. The molecule has 13 nitrogen and oxygen atoms in total. The van der Waals surface area contributed by atoms with E-state index in [1.165, 1.54) is 44.0 Å². The number of hydrogen-bond acceptors (Lipinski definition) is 8. The summed E-state index contributed by atoms with van der Waals surface area (Å²) in [4.78, 5) is 33.1. The minimum atomic E-state index is -3.88. The Morgan fingerprint density at radius 2 is 1.79 bits per heavy atom. The van der Waals surface area contributed by atoms with Gasteiger partial charge in [-0.25, -0.2) is 31.0 Å². The smallest absolute Gasteiger partial charge is 0.292 e. The van der Waals surface area contributed by atoms with E-state index in [0.29, 0.717) is 17.2 Å². The quantitative estimate of drug-likeness (QED) is 0.124. The van der Waals surface area contributed by atoms with Crippen LogP contribution in [-0.4, -0.2) is 62.4 Å². The van der Waals surface area contributed by atoms with Crippen molar-refractivity contribution in [2.75, 3.05) is 18.1 Å². The minimum Gasteiger partial charge on any atom is -0.379 e. The number of amides is 1. The summed E-state index contributed by atoms with van der Waals surface area (Å²) in [6.07, 6.45) is -2.64. The number of anilines is 1. The highest BCUT2D eigenvalue weighted by Gasteiger charge is 2.51. The van der Waals surface area contributed by atoms with E-state index in [1.807, 2.05) is 0 Å². The van der Waals surface area contributed by atoms with Gasteiger partial charge in [0.25, 0.3) is 17.9 Å². The number of aromatic nitrogens is 6. The molecule has 1 amide bonds. The van der Waals surface area contributed by atoms with Crippen LogP contribution < -0.4 is 15.6 Å². The molecule has 0 aliphatic heterocycles. The highest BCUT2D eigenvalue weighted by Crippen LogP contribution is 2.48. The summed E-state index contributed by atoms with van der Waals surface area (Å²) in [6, 6.07) is 5.13.